The van der Waals surface area contributed by atoms with Crippen molar-refractivity contribution in [1.82, 2.24) is 29.6 Å². The van der Waals surface area contributed by atoms with Crippen molar-refractivity contribution < 1.29 is 18.1 Å². The molecule has 5 rings (SSSR count). The third-order valence-electron chi connectivity index (χ3n) is 6.65. The normalized spacial score (nSPS) is 20.0. The van der Waals surface area contributed by atoms with Crippen molar-refractivity contribution in [3.63, 3.8) is 0 Å². The van der Waals surface area contributed by atoms with Crippen LogP contribution in [0.4, 0.5) is 14.5 Å². The number of carbonyl (C=O) groups is 1. The quantitative estimate of drug-likeness (QED) is 0.446. The fourth-order valence-electron chi connectivity index (χ4n) is 4.44. The molecule has 14 heteroatoms. The summed E-state index contributed by atoms with van der Waals surface area (Å²) in [7, 11) is 0. The second kappa shape index (κ2) is 9.79. The Morgan fingerprint density at radius 2 is 2.08 bits per heavy atom. The van der Waals surface area contributed by atoms with E-state index in [1.165, 1.54) is 4.68 Å². The van der Waals surface area contributed by atoms with Crippen molar-refractivity contribution >= 4 is 45.2 Å². The van der Waals surface area contributed by atoms with E-state index in [4.69, 9.17) is 0 Å². The van der Waals surface area contributed by atoms with Crippen LogP contribution >= 0.6 is 11.3 Å². The van der Waals surface area contributed by atoms with Gasteiger partial charge in [0.1, 0.15) is 5.54 Å². The maximum absolute atomic E-state index is 13.3. The van der Waals surface area contributed by atoms with Crippen LogP contribution in [0.3, 0.4) is 0 Å². The third kappa shape index (κ3) is 4.88. The molecule has 0 bridgehead atoms. The zero-order valence-electron chi connectivity index (χ0n) is 20.5. The number of nitrogens with one attached hydrogen (secondary N) is 1. The fraction of sp³-hybridized carbons (Fsp3) is 0.522. The van der Waals surface area contributed by atoms with E-state index in [1.54, 1.807) is 12.3 Å². The number of anilines is 1. The zero-order chi connectivity index (χ0) is 26.5. The van der Waals surface area contributed by atoms with E-state index in [0.717, 1.165) is 22.4 Å². The molecule has 1 aliphatic carbocycles. The summed E-state index contributed by atoms with van der Waals surface area (Å²) in [6.45, 7) is 7.40. The average Bonchev–Trinajstić information content (AvgIpc) is 3.26. The topological polar surface area (TPSA) is 126 Å². The van der Waals surface area contributed by atoms with Gasteiger partial charge >= 0.3 is 0 Å². The summed E-state index contributed by atoms with van der Waals surface area (Å²) in [5.74, 6) is -0.00260. The minimum Gasteiger partial charge on any atom is -0.593 e. The van der Waals surface area contributed by atoms with Crippen LogP contribution in [-0.4, -0.2) is 66.6 Å². The summed E-state index contributed by atoms with van der Waals surface area (Å²) in [6.07, 6.45) is 0.116. The van der Waals surface area contributed by atoms with Crippen LogP contribution in [0.2, 0.25) is 0 Å². The number of halogens is 2. The van der Waals surface area contributed by atoms with Crippen LogP contribution in [0.5, 0.6) is 0 Å². The Balaban J connectivity index is 1.55. The lowest BCUT2D eigenvalue weighted by molar-refractivity contribution is -0.136. The van der Waals surface area contributed by atoms with Gasteiger partial charge in [0.15, 0.2) is 9.90 Å². The van der Waals surface area contributed by atoms with E-state index >= 15 is 0 Å². The number of nitrogens with zero attached hydrogens (tertiary/aromatic N) is 7. The van der Waals surface area contributed by atoms with Crippen molar-refractivity contribution in [3.05, 3.63) is 23.3 Å². The summed E-state index contributed by atoms with van der Waals surface area (Å²) in [5, 5.41) is 21.8. The lowest BCUT2D eigenvalue weighted by Gasteiger charge is -2.42. The summed E-state index contributed by atoms with van der Waals surface area (Å²) in [4.78, 5) is 17.1. The summed E-state index contributed by atoms with van der Waals surface area (Å²) in [6, 6.07) is 5.62. The molecule has 3 aromatic rings. The lowest BCUT2D eigenvalue weighted by atomic mass is 10.1. The van der Waals surface area contributed by atoms with E-state index in [-0.39, 0.29) is 23.0 Å². The Morgan fingerprint density at radius 1 is 1.32 bits per heavy atom. The molecule has 1 saturated heterocycles. The second-order valence-electron chi connectivity index (χ2n) is 9.70. The Hall–Kier alpha value is -2.86. The highest BCUT2D eigenvalue weighted by Gasteiger charge is 2.48. The van der Waals surface area contributed by atoms with Crippen LogP contribution in [0.1, 0.15) is 45.0 Å². The van der Waals surface area contributed by atoms with E-state index in [0.29, 0.717) is 42.9 Å². The predicted molar refractivity (Wildman–Crippen MR) is 135 cm³/mol. The number of carbonyl (C=O) groups excluding carboxylic acids is 1. The van der Waals surface area contributed by atoms with E-state index < -0.39 is 28.3 Å². The number of hydrogen-bond acceptors (Lipinski definition) is 9. The maximum Gasteiger partial charge on any atom is 0.291 e. The van der Waals surface area contributed by atoms with Gasteiger partial charge in [0.25, 0.3) is 6.43 Å². The van der Waals surface area contributed by atoms with Gasteiger partial charge in [0.2, 0.25) is 11.0 Å². The van der Waals surface area contributed by atoms with Crippen LogP contribution in [0.25, 0.3) is 16.0 Å². The van der Waals surface area contributed by atoms with Crippen molar-refractivity contribution in [1.29, 1.82) is 5.26 Å². The molecular weight excluding hydrogens is 522 g/mol. The molecule has 196 valence electrons. The second-order valence-corrected chi connectivity index (χ2v) is 11.9. The Bertz CT molecular complexity index is 1370. The van der Waals surface area contributed by atoms with Crippen LogP contribution < -0.4 is 9.62 Å². The zero-order valence-corrected chi connectivity index (χ0v) is 22.2. The SMILES string of the molecule is CC(C)C(=O)N1CCN(c2cc([S+]([O-])NC3(C#N)CC3)cc3c2cnn3-c2nnc(C(F)F)s2)CC1C. The predicted octanol–water partition coefficient (Wildman–Crippen LogP) is 3.18. The van der Waals surface area contributed by atoms with Crippen LogP contribution in [0, 0.1) is 17.2 Å². The molecule has 37 heavy (non-hydrogen) atoms. The van der Waals surface area contributed by atoms with Gasteiger partial charge in [-0.1, -0.05) is 25.2 Å². The molecule has 2 unspecified atom stereocenters. The smallest absolute Gasteiger partial charge is 0.291 e. The molecule has 1 aliphatic heterocycles. The van der Waals surface area contributed by atoms with E-state index in [9.17, 15) is 23.4 Å². The lowest BCUT2D eigenvalue weighted by Crippen LogP contribution is -2.55. The first-order valence-electron chi connectivity index (χ1n) is 11.9. The van der Waals surface area contributed by atoms with Gasteiger partial charge in [-0.25, -0.2) is 13.5 Å². The van der Waals surface area contributed by atoms with Crippen molar-refractivity contribution in [3.8, 4) is 11.2 Å². The maximum atomic E-state index is 13.3. The van der Waals surface area contributed by atoms with Crippen LogP contribution in [-0.2, 0) is 16.2 Å². The number of fused-ring (bicyclic) bond motifs is 1. The largest absolute Gasteiger partial charge is 0.593 e. The van der Waals surface area contributed by atoms with Crippen LogP contribution in [0.15, 0.2) is 23.2 Å². The first-order valence-corrected chi connectivity index (χ1v) is 13.9. The molecule has 2 aliphatic rings. The van der Waals surface area contributed by atoms with Gasteiger partial charge in [0.05, 0.1) is 34.8 Å². The Morgan fingerprint density at radius 3 is 2.68 bits per heavy atom. The van der Waals surface area contributed by atoms with E-state index in [2.05, 4.69) is 31.0 Å². The minimum absolute atomic E-state index is 0.0499. The molecule has 1 saturated carbocycles. The summed E-state index contributed by atoms with van der Waals surface area (Å²) < 4.78 is 44.0. The van der Waals surface area contributed by atoms with Gasteiger partial charge < -0.3 is 14.4 Å². The molecule has 2 atom stereocenters. The molecule has 1 N–H and O–H groups in total. The van der Waals surface area contributed by atoms with E-state index in [1.807, 2.05) is 31.7 Å². The standard InChI is InChI=1S/C23H26F2N8O2S2/c1-13(2)21(34)32-7-6-31(11-14(32)3)17-8-15(37(35)30-23(12-26)4-5-23)9-18-16(17)10-27-33(18)22-29-28-20(36-22)19(24)25/h8-10,13-14,19,30H,4-7,11H2,1-3H3. The van der Waals surface area contributed by atoms with Gasteiger partial charge in [-0.05, 0) is 19.8 Å². The van der Waals surface area contributed by atoms with Gasteiger partial charge in [0, 0.05) is 49.1 Å². The van der Waals surface area contributed by atoms with Crippen molar-refractivity contribution in [2.75, 3.05) is 24.5 Å². The number of aromatic nitrogens is 4. The molecule has 2 fully saturated rings. The number of piperazine rings is 1. The average molecular weight is 549 g/mol. The highest BCUT2D eigenvalue weighted by atomic mass is 32.2. The third-order valence-corrected chi connectivity index (χ3v) is 8.80. The number of rotatable bonds is 7. The van der Waals surface area contributed by atoms with Gasteiger partial charge in [-0.2, -0.15) is 10.4 Å². The molecule has 3 heterocycles. The molecule has 2 aromatic heterocycles. The number of benzene rings is 1. The first kappa shape index (κ1) is 25.8. The first-order chi connectivity index (χ1) is 17.6. The highest BCUT2D eigenvalue weighted by Crippen LogP contribution is 2.38. The number of nitriles is 1. The minimum atomic E-state index is -2.75. The number of alkyl halides is 2. The summed E-state index contributed by atoms with van der Waals surface area (Å²) in [5.41, 5.74) is 0.496. The van der Waals surface area contributed by atoms with Crippen molar-refractivity contribution in [2.24, 2.45) is 5.92 Å². The molecule has 0 spiro atoms. The number of hydrogen-bond donors (Lipinski definition) is 1. The van der Waals surface area contributed by atoms with Crippen molar-refractivity contribution in [2.45, 2.75) is 56.5 Å². The molecule has 1 aromatic carbocycles. The van der Waals surface area contributed by atoms with Gasteiger partial charge in [-0.3, -0.25) is 4.79 Å². The Kier molecular flexibility index (Phi) is 6.82. The molecule has 1 amide bonds. The molecule has 10 nitrogen and oxygen atoms in total. The molecular formula is C23H26F2N8O2S2. The summed E-state index contributed by atoms with van der Waals surface area (Å²) >= 11 is -0.963. The van der Waals surface area contributed by atoms with Gasteiger partial charge in [-0.15, -0.1) is 14.9 Å². The Labute approximate surface area is 219 Å². The highest BCUT2D eigenvalue weighted by molar-refractivity contribution is 7.89. The fourth-order valence-corrected chi connectivity index (χ4v) is 6.27. The monoisotopic (exact) mass is 548 g/mol. The number of amides is 1. The molecule has 0 radical (unpaired) electrons.